The zero-order valence-electron chi connectivity index (χ0n) is 14.3. The molecule has 0 aromatic heterocycles. The van der Waals surface area contributed by atoms with Crippen LogP contribution in [0.3, 0.4) is 0 Å². The molecule has 0 fully saturated rings. The Morgan fingerprint density at radius 3 is 2.70 bits per heavy atom. The van der Waals surface area contributed by atoms with Crippen LogP contribution in [-0.4, -0.2) is 39.4 Å². The number of halogens is 1. The van der Waals surface area contributed by atoms with Crippen molar-refractivity contribution in [2.75, 3.05) is 33.5 Å². The van der Waals surface area contributed by atoms with Crippen LogP contribution in [0.15, 0.2) is 16.6 Å². The third kappa shape index (κ3) is 6.79. The van der Waals surface area contributed by atoms with Gasteiger partial charge in [-0.1, -0.05) is 13.8 Å². The molecule has 0 aliphatic heterocycles. The molecule has 1 aromatic carbocycles. The number of methoxy groups -OCH3 is 1. The predicted molar refractivity (Wildman–Crippen MR) is 94.5 cm³/mol. The Kier molecular flexibility index (Phi) is 9.02. The number of ether oxygens (including phenoxy) is 3. The van der Waals surface area contributed by atoms with Crippen molar-refractivity contribution in [3.05, 3.63) is 22.2 Å². The fourth-order valence-electron chi connectivity index (χ4n) is 1.93. The van der Waals surface area contributed by atoms with E-state index < -0.39 is 0 Å². The summed E-state index contributed by atoms with van der Waals surface area (Å²) in [6, 6.07) is 3.42. The second-order valence-electron chi connectivity index (χ2n) is 5.50. The SMILES string of the molecule is CCOc1c(Br)cc(C(=O)NCCCOCC(C)C)cc1OC. The van der Waals surface area contributed by atoms with Gasteiger partial charge in [-0.3, -0.25) is 4.79 Å². The molecule has 0 radical (unpaired) electrons. The van der Waals surface area contributed by atoms with Crippen LogP contribution >= 0.6 is 15.9 Å². The molecule has 0 spiro atoms. The van der Waals surface area contributed by atoms with Crippen molar-refractivity contribution >= 4 is 21.8 Å². The smallest absolute Gasteiger partial charge is 0.251 e. The number of amides is 1. The Hall–Kier alpha value is -1.27. The summed E-state index contributed by atoms with van der Waals surface area (Å²) in [5.74, 6) is 1.52. The molecule has 1 aromatic rings. The molecule has 0 heterocycles. The van der Waals surface area contributed by atoms with E-state index in [9.17, 15) is 4.79 Å². The Morgan fingerprint density at radius 1 is 1.35 bits per heavy atom. The first-order chi connectivity index (χ1) is 11.0. The molecule has 0 atom stereocenters. The topological polar surface area (TPSA) is 56.8 Å². The molecule has 0 aliphatic rings. The third-order valence-corrected chi connectivity index (χ3v) is 3.57. The molecule has 5 nitrogen and oxygen atoms in total. The summed E-state index contributed by atoms with van der Waals surface area (Å²) in [7, 11) is 1.55. The zero-order chi connectivity index (χ0) is 17.2. The van der Waals surface area contributed by atoms with Crippen molar-refractivity contribution in [1.82, 2.24) is 5.32 Å². The van der Waals surface area contributed by atoms with Crippen molar-refractivity contribution < 1.29 is 19.0 Å². The van der Waals surface area contributed by atoms with Crippen LogP contribution in [0, 0.1) is 5.92 Å². The highest BCUT2D eigenvalue weighted by Gasteiger charge is 2.15. The van der Waals surface area contributed by atoms with Gasteiger partial charge in [-0.2, -0.15) is 0 Å². The van der Waals surface area contributed by atoms with Gasteiger partial charge in [0, 0.05) is 25.3 Å². The number of hydrogen-bond acceptors (Lipinski definition) is 4. The van der Waals surface area contributed by atoms with Gasteiger partial charge in [0.2, 0.25) is 0 Å². The van der Waals surface area contributed by atoms with Crippen LogP contribution in [-0.2, 0) is 4.74 Å². The summed E-state index contributed by atoms with van der Waals surface area (Å²) in [6.07, 6.45) is 0.786. The molecule has 130 valence electrons. The molecule has 0 unspecified atom stereocenters. The maximum atomic E-state index is 12.2. The van der Waals surface area contributed by atoms with Crippen molar-refractivity contribution in [3.8, 4) is 11.5 Å². The fraction of sp³-hybridized carbons (Fsp3) is 0.588. The number of nitrogens with one attached hydrogen (secondary N) is 1. The lowest BCUT2D eigenvalue weighted by Crippen LogP contribution is -2.25. The van der Waals surface area contributed by atoms with E-state index in [4.69, 9.17) is 14.2 Å². The number of hydrogen-bond donors (Lipinski definition) is 1. The van der Waals surface area contributed by atoms with Gasteiger partial charge in [-0.15, -0.1) is 0 Å². The lowest BCUT2D eigenvalue weighted by Gasteiger charge is -2.13. The van der Waals surface area contributed by atoms with Crippen LogP contribution in [0.4, 0.5) is 0 Å². The Bertz CT molecular complexity index is 506. The second-order valence-corrected chi connectivity index (χ2v) is 6.36. The molecule has 1 N–H and O–H groups in total. The monoisotopic (exact) mass is 387 g/mol. The fourth-order valence-corrected chi connectivity index (χ4v) is 2.49. The highest BCUT2D eigenvalue weighted by atomic mass is 79.9. The van der Waals surface area contributed by atoms with E-state index in [-0.39, 0.29) is 5.91 Å². The van der Waals surface area contributed by atoms with E-state index in [1.807, 2.05) is 6.92 Å². The average molecular weight is 388 g/mol. The summed E-state index contributed by atoms with van der Waals surface area (Å²) in [5, 5.41) is 2.88. The molecule has 6 heteroatoms. The number of carbonyl (C=O) groups is 1. The van der Waals surface area contributed by atoms with Gasteiger partial charge in [0.25, 0.3) is 5.91 Å². The minimum atomic E-state index is -0.143. The average Bonchev–Trinajstić information content (AvgIpc) is 2.51. The summed E-state index contributed by atoms with van der Waals surface area (Å²) in [5.41, 5.74) is 0.528. The van der Waals surface area contributed by atoms with Crippen LogP contribution in [0.5, 0.6) is 11.5 Å². The largest absolute Gasteiger partial charge is 0.493 e. The Morgan fingerprint density at radius 2 is 2.09 bits per heavy atom. The van der Waals surface area contributed by atoms with Crippen LogP contribution in [0.2, 0.25) is 0 Å². The zero-order valence-corrected chi connectivity index (χ0v) is 15.9. The van der Waals surface area contributed by atoms with Gasteiger partial charge in [-0.05, 0) is 47.3 Å². The van der Waals surface area contributed by atoms with Crippen molar-refractivity contribution in [3.63, 3.8) is 0 Å². The van der Waals surface area contributed by atoms with Crippen LogP contribution < -0.4 is 14.8 Å². The molecule has 0 bridgehead atoms. The number of carbonyl (C=O) groups excluding carboxylic acids is 1. The Balaban J connectivity index is 2.54. The van der Waals surface area contributed by atoms with Gasteiger partial charge < -0.3 is 19.5 Å². The molecule has 0 saturated heterocycles. The maximum Gasteiger partial charge on any atom is 0.251 e. The quantitative estimate of drug-likeness (QED) is 0.622. The summed E-state index contributed by atoms with van der Waals surface area (Å²) in [6.45, 7) is 8.61. The van der Waals surface area contributed by atoms with E-state index in [1.54, 1.807) is 19.2 Å². The third-order valence-electron chi connectivity index (χ3n) is 2.98. The van der Waals surface area contributed by atoms with Crippen molar-refractivity contribution in [2.45, 2.75) is 27.2 Å². The van der Waals surface area contributed by atoms with Gasteiger partial charge in [0.15, 0.2) is 11.5 Å². The van der Waals surface area contributed by atoms with Crippen LogP contribution in [0.25, 0.3) is 0 Å². The van der Waals surface area contributed by atoms with E-state index in [0.717, 1.165) is 13.0 Å². The molecular formula is C17H26BrNO4. The first kappa shape index (κ1) is 19.8. The lowest BCUT2D eigenvalue weighted by molar-refractivity contribution is 0.0924. The standard InChI is InChI=1S/C17H26BrNO4/c1-5-23-16-14(18)9-13(10-15(16)21-4)17(20)19-7-6-8-22-11-12(2)3/h9-10,12H,5-8,11H2,1-4H3,(H,19,20). The minimum absolute atomic E-state index is 0.143. The summed E-state index contributed by atoms with van der Waals surface area (Å²) in [4.78, 5) is 12.2. The highest BCUT2D eigenvalue weighted by Crippen LogP contribution is 2.36. The van der Waals surface area contributed by atoms with E-state index in [2.05, 4.69) is 35.1 Å². The van der Waals surface area contributed by atoms with Crippen molar-refractivity contribution in [2.24, 2.45) is 5.92 Å². The molecule has 0 aliphatic carbocycles. The summed E-state index contributed by atoms with van der Waals surface area (Å²) >= 11 is 3.42. The number of rotatable bonds is 10. The van der Waals surface area contributed by atoms with Gasteiger partial charge >= 0.3 is 0 Å². The normalized spacial score (nSPS) is 10.7. The predicted octanol–water partition coefficient (Wildman–Crippen LogP) is 3.65. The minimum Gasteiger partial charge on any atom is -0.493 e. The second kappa shape index (κ2) is 10.5. The first-order valence-corrected chi connectivity index (χ1v) is 8.65. The first-order valence-electron chi connectivity index (χ1n) is 7.85. The number of benzene rings is 1. The van der Waals surface area contributed by atoms with E-state index in [0.29, 0.717) is 47.2 Å². The highest BCUT2D eigenvalue weighted by molar-refractivity contribution is 9.10. The lowest BCUT2D eigenvalue weighted by atomic mass is 10.2. The van der Waals surface area contributed by atoms with Gasteiger partial charge in [-0.25, -0.2) is 0 Å². The molecular weight excluding hydrogens is 362 g/mol. The van der Waals surface area contributed by atoms with Gasteiger partial charge in [0.05, 0.1) is 18.2 Å². The van der Waals surface area contributed by atoms with E-state index in [1.165, 1.54) is 0 Å². The Labute approximate surface area is 146 Å². The molecule has 1 rings (SSSR count). The molecule has 23 heavy (non-hydrogen) atoms. The van der Waals surface area contributed by atoms with Crippen LogP contribution in [0.1, 0.15) is 37.6 Å². The molecule has 0 saturated carbocycles. The summed E-state index contributed by atoms with van der Waals surface area (Å²) < 4.78 is 17.0. The van der Waals surface area contributed by atoms with E-state index >= 15 is 0 Å². The molecule has 1 amide bonds. The van der Waals surface area contributed by atoms with Crippen molar-refractivity contribution in [1.29, 1.82) is 0 Å². The maximum absolute atomic E-state index is 12.2. The van der Waals surface area contributed by atoms with Gasteiger partial charge in [0.1, 0.15) is 0 Å².